The van der Waals surface area contributed by atoms with Crippen molar-refractivity contribution in [2.24, 2.45) is 5.73 Å². The number of hydrogen-bond acceptors (Lipinski definition) is 5. The average molecular weight is 371 g/mol. The van der Waals surface area contributed by atoms with Crippen molar-refractivity contribution in [1.82, 2.24) is 0 Å². The van der Waals surface area contributed by atoms with Crippen molar-refractivity contribution in [3.63, 3.8) is 0 Å². The van der Waals surface area contributed by atoms with Crippen molar-refractivity contribution in [1.29, 1.82) is 5.26 Å². The van der Waals surface area contributed by atoms with Gasteiger partial charge in [0, 0.05) is 21.7 Å². The van der Waals surface area contributed by atoms with Crippen molar-refractivity contribution in [3.8, 4) is 6.07 Å². The molecule has 132 valence electrons. The Labute approximate surface area is 162 Å². The molecular formula is C22H17N3OS. The zero-order valence-electron chi connectivity index (χ0n) is 14.4. The van der Waals surface area contributed by atoms with E-state index < -0.39 is 0 Å². The molecule has 0 aliphatic carbocycles. The first kappa shape index (κ1) is 18.3. The van der Waals surface area contributed by atoms with Gasteiger partial charge in [-0.2, -0.15) is 5.26 Å². The molecule has 5 heteroatoms. The van der Waals surface area contributed by atoms with E-state index in [0.29, 0.717) is 33.0 Å². The van der Waals surface area contributed by atoms with Crippen molar-refractivity contribution in [3.05, 3.63) is 101 Å². The van der Waals surface area contributed by atoms with Crippen LogP contribution in [0.15, 0.2) is 88.8 Å². The summed E-state index contributed by atoms with van der Waals surface area (Å²) in [6.45, 7) is 0. The Hall–Kier alpha value is -3.49. The smallest absolute Gasteiger partial charge is 0.193 e. The van der Waals surface area contributed by atoms with E-state index in [4.69, 9.17) is 11.5 Å². The molecule has 0 heterocycles. The number of carbonyl (C=O) groups excluding carboxylic acids is 1. The van der Waals surface area contributed by atoms with Crippen LogP contribution in [0.2, 0.25) is 0 Å². The van der Waals surface area contributed by atoms with Crippen molar-refractivity contribution < 1.29 is 4.79 Å². The molecule has 0 saturated heterocycles. The molecule has 0 aliphatic rings. The van der Waals surface area contributed by atoms with Crippen LogP contribution in [0.3, 0.4) is 0 Å². The Balaban J connectivity index is 1.95. The third kappa shape index (κ3) is 4.20. The third-order valence-electron chi connectivity index (χ3n) is 3.95. The Kier molecular flexibility index (Phi) is 5.60. The monoisotopic (exact) mass is 371 g/mol. The first-order valence-electron chi connectivity index (χ1n) is 8.22. The molecule has 27 heavy (non-hydrogen) atoms. The highest BCUT2D eigenvalue weighted by Gasteiger charge is 2.13. The number of ketones is 1. The van der Waals surface area contributed by atoms with Crippen LogP contribution in [-0.4, -0.2) is 5.78 Å². The second-order valence-electron chi connectivity index (χ2n) is 5.77. The van der Waals surface area contributed by atoms with Gasteiger partial charge in [-0.25, -0.2) is 0 Å². The van der Waals surface area contributed by atoms with Gasteiger partial charge in [-0.3, -0.25) is 4.79 Å². The van der Waals surface area contributed by atoms with E-state index in [9.17, 15) is 10.1 Å². The highest BCUT2D eigenvalue weighted by molar-refractivity contribution is 8.03. The number of rotatable bonds is 5. The molecule has 0 aliphatic heterocycles. The lowest BCUT2D eigenvalue weighted by atomic mass is 9.99. The topological polar surface area (TPSA) is 92.9 Å². The first-order valence-corrected chi connectivity index (χ1v) is 9.04. The summed E-state index contributed by atoms with van der Waals surface area (Å²) in [7, 11) is 0. The molecule has 3 aromatic carbocycles. The van der Waals surface area contributed by atoms with E-state index in [0.717, 1.165) is 4.90 Å². The van der Waals surface area contributed by atoms with Crippen LogP contribution >= 0.6 is 11.8 Å². The van der Waals surface area contributed by atoms with Gasteiger partial charge in [-0.1, -0.05) is 72.4 Å². The molecule has 0 atom stereocenters. The lowest BCUT2D eigenvalue weighted by Crippen LogP contribution is -2.03. The Bertz CT molecular complexity index is 1050. The molecule has 4 N–H and O–H groups in total. The fourth-order valence-electron chi connectivity index (χ4n) is 2.58. The van der Waals surface area contributed by atoms with Gasteiger partial charge in [0.05, 0.1) is 10.6 Å². The van der Waals surface area contributed by atoms with E-state index in [1.54, 1.807) is 42.5 Å². The summed E-state index contributed by atoms with van der Waals surface area (Å²) in [6.07, 6.45) is 0. The SMILES string of the molecule is N#C/C(=C(\N)Sc1ccccc1N)c1cccc(C(=O)c2ccccc2)c1. The van der Waals surface area contributed by atoms with E-state index in [2.05, 4.69) is 6.07 Å². The third-order valence-corrected chi connectivity index (χ3v) is 4.96. The fourth-order valence-corrected chi connectivity index (χ4v) is 3.41. The van der Waals surface area contributed by atoms with E-state index >= 15 is 0 Å². The van der Waals surface area contributed by atoms with Crippen LogP contribution in [0.1, 0.15) is 21.5 Å². The average Bonchev–Trinajstić information content (AvgIpc) is 2.70. The molecule has 0 saturated carbocycles. The van der Waals surface area contributed by atoms with Crippen molar-refractivity contribution >= 4 is 28.8 Å². The number of thioether (sulfide) groups is 1. The molecule has 0 aromatic heterocycles. The molecule has 0 amide bonds. The fraction of sp³-hybridized carbons (Fsp3) is 0. The number of nitriles is 1. The number of nitrogens with two attached hydrogens (primary N) is 2. The van der Waals surface area contributed by atoms with Gasteiger partial charge in [-0.05, 0) is 23.8 Å². The second-order valence-corrected chi connectivity index (χ2v) is 6.85. The summed E-state index contributed by atoms with van der Waals surface area (Å²) in [5.74, 6) is -0.103. The van der Waals surface area contributed by atoms with E-state index in [1.807, 2.05) is 36.4 Å². The van der Waals surface area contributed by atoms with Crippen molar-refractivity contribution in [2.75, 3.05) is 5.73 Å². The normalized spacial score (nSPS) is 11.4. The van der Waals surface area contributed by atoms with Gasteiger partial charge in [0.1, 0.15) is 6.07 Å². The number of benzene rings is 3. The van der Waals surface area contributed by atoms with E-state index in [-0.39, 0.29) is 5.78 Å². The number of carbonyl (C=O) groups is 1. The Morgan fingerprint density at radius 1 is 0.852 bits per heavy atom. The number of nitrogens with zero attached hydrogens (tertiary/aromatic N) is 1. The highest BCUT2D eigenvalue weighted by Crippen LogP contribution is 2.32. The number of hydrogen-bond donors (Lipinski definition) is 2. The molecule has 3 rings (SSSR count). The lowest BCUT2D eigenvalue weighted by molar-refractivity contribution is 0.103. The molecule has 0 radical (unpaired) electrons. The summed E-state index contributed by atoms with van der Waals surface area (Å²) >= 11 is 1.23. The Morgan fingerprint density at radius 3 is 2.19 bits per heavy atom. The summed E-state index contributed by atoms with van der Waals surface area (Å²) < 4.78 is 0. The van der Waals surface area contributed by atoms with Gasteiger partial charge in [0.15, 0.2) is 5.78 Å². The minimum absolute atomic E-state index is 0.103. The van der Waals surface area contributed by atoms with Crippen LogP contribution in [0.5, 0.6) is 0 Å². The second kappa shape index (κ2) is 8.26. The van der Waals surface area contributed by atoms with Gasteiger partial charge in [0.25, 0.3) is 0 Å². The molecule has 0 unspecified atom stereocenters. The van der Waals surface area contributed by atoms with Crippen LogP contribution in [0.4, 0.5) is 5.69 Å². The van der Waals surface area contributed by atoms with Crippen LogP contribution in [-0.2, 0) is 0 Å². The number of para-hydroxylation sites is 1. The van der Waals surface area contributed by atoms with Gasteiger partial charge in [-0.15, -0.1) is 0 Å². The van der Waals surface area contributed by atoms with Gasteiger partial charge < -0.3 is 11.5 Å². The molecule has 0 bridgehead atoms. The molecule has 0 fully saturated rings. The minimum atomic E-state index is -0.103. The molecule has 0 spiro atoms. The van der Waals surface area contributed by atoms with Crippen LogP contribution < -0.4 is 11.5 Å². The molecule has 3 aromatic rings. The maximum absolute atomic E-state index is 12.7. The van der Waals surface area contributed by atoms with Crippen LogP contribution in [0.25, 0.3) is 5.57 Å². The largest absolute Gasteiger partial charge is 0.398 e. The first-order chi connectivity index (χ1) is 13.1. The predicted molar refractivity (Wildman–Crippen MR) is 110 cm³/mol. The van der Waals surface area contributed by atoms with Gasteiger partial charge in [0.2, 0.25) is 0 Å². The lowest BCUT2D eigenvalue weighted by Gasteiger charge is -2.09. The predicted octanol–water partition coefficient (Wildman–Crippen LogP) is 4.44. The van der Waals surface area contributed by atoms with Crippen molar-refractivity contribution in [2.45, 2.75) is 4.90 Å². The maximum Gasteiger partial charge on any atom is 0.193 e. The zero-order chi connectivity index (χ0) is 19.2. The highest BCUT2D eigenvalue weighted by atomic mass is 32.2. The van der Waals surface area contributed by atoms with Crippen LogP contribution in [0, 0.1) is 11.3 Å². The maximum atomic E-state index is 12.7. The summed E-state index contributed by atoms with van der Waals surface area (Å²) in [5, 5.41) is 9.96. The summed E-state index contributed by atoms with van der Waals surface area (Å²) in [5.41, 5.74) is 14.7. The minimum Gasteiger partial charge on any atom is -0.398 e. The zero-order valence-corrected chi connectivity index (χ0v) is 15.2. The molecular weight excluding hydrogens is 354 g/mol. The molecule has 4 nitrogen and oxygen atoms in total. The standard InChI is InChI=1S/C22H17N3OS/c23-14-18(22(25)27-20-12-5-4-11-19(20)24)16-9-6-10-17(13-16)21(26)15-7-2-1-3-8-15/h1-13H,24-25H2/b22-18-. The van der Waals surface area contributed by atoms with Gasteiger partial charge >= 0.3 is 0 Å². The number of allylic oxidation sites excluding steroid dienone is 1. The summed E-state index contributed by atoms with van der Waals surface area (Å²) in [4.78, 5) is 13.4. The summed E-state index contributed by atoms with van der Waals surface area (Å²) in [6, 6.07) is 25.4. The quantitative estimate of drug-likeness (QED) is 0.299. The Morgan fingerprint density at radius 2 is 1.48 bits per heavy atom. The van der Waals surface area contributed by atoms with E-state index in [1.165, 1.54) is 11.8 Å². The number of anilines is 1. The number of nitrogen functional groups attached to an aromatic ring is 1.